The van der Waals surface area contributed by atoms with E-state index in [9.17, 15) is 28.8 Å². The second-order valence-electron chi connectivity index (χ2n) is 8.44. The van der Waals surface area contributed by atoms with Crippen LogP contribution in [-0.4, -0.2) is 79.8 Å². The van der Waals surface area contributed by atoms with Gasteiger partial charge in [0.25, 0.3) is 5.92 Å². The van der Waals surface area contributed by atoms with Gasteiger partial charge in [-0.2, -0.15) is 5.26 Å². The summed E-state index contributed by atoms with van der Waals surface area (Å²) in [6, 6.07) is 3.02. The van der Waals surface area contributed by atoms with Gasteiger partial charge in [-0.3, -0.25) is 4.57 Å². The van der Waals surface area contributed by atoms with Crippen LogP contribution in [0.3, 0.4) is 0 Å². The number of nitriles is 1. The number of halogens is 3. The van der Waals surface area contributed by atoms with Gasteiger partial charge in [0.2, 0.25) is 0 Å². The fraction of sp³-hybridized carbons (Fsp3) is 0.579. The molecule has 1 saturated carbocycles. The van der Waals surface area contributed by atoms with Crippen LogP contribution < -0.4 is 4.90 Å². The maximum atomic E-state index is 13.5. The minimum Gasteiger partial charge on any atom is -0.387 e. The minimum absolute atomic E-state index is 0.0151. The molecule has 4 rings (SSSR count). The smallest absolute Gasteiger partial charge is 0.350 e. The maximum absolute atomic E-state index is 13.5. The number of pyridine rings is 1. The van der Waals surface area contributed by atoms with Crippen LogP contribution in [0.2, 0.25) is 5.15 Å². The van der Waals surface area contributed by atoms with Crippen molar-refractivity contribution in [2.75, 3.05) is 24.9 Å². The Labute approximate surface area is 197 Å². The van der Waals surface area contributed by atoms with E-state index in [1.54, 1.807) is 18.0 Å². The maximum Gasteiger partial charge on any atom is 0.350 e. The predicted octanol–water partition coefficient (Wildman–Crippen LogP) is 1.57. The molecular formula is C19H22ClF2N4O7P. The first kappa shape index (κ1) is 25.2. The summed E-state index contributed by atoms with van der Waals surface area (Å²) < 4.78 is 49.8. The van der Waals surface area contributed by atoms with Crippen LogP contribution in [0.4, 0.5) is 14.5 Å². The molecule has 0 bridgehead atoms. The van der Waals surface area contributed by atoms with Crippen molar-refractivity contribution in [2.45, 2.75) is 49.3 Å². The fourth-order valence-electron chi connectivity index (χ4n) is 4.26. The van der Waals surface area contributed by atoms with Crippen LogP contribution in [0.1, 0.15) is 24.6 Å². The number of nitrogens with zero attached hydrogens (tertiary/aromatic N) is 4. The zero-order valence-corrected chi connectivity index (χ0v) is 19.4. The molecule has 15 heteroatoms. The van der Waals surface area contributed by atoms with Gasteiger partial charge in [-0.05, 0) is 6.07 Å². The number of ether oxygens (including phenoxy) is 2. The highest BCUT2D eigenvalue weighted by atomic mass is 35.5. The van der Waals surface area contributed by atoms with E-state index < -0.39 is 57.1 Å². The number of rotatable bonds is 7. The Morgan fingerprint density at radius 1 is 1.41 bits per heavy atom. The van der Waals surface area contributed by atoms with Crippen molar-refractivity contribution >= 4 is 35.9 Å². The average molecular weight is 523 g/mol. The quantitative estimate of drug-likeness (QED) is 0.310. The Hall–Kier alpha value is -1.88. The first-order valence-corrected chi connectivity index (χ1v) is 12.4. The highest BCUT2D eigenvalue weighted by Crippen LogP contribution is 2.45. The van der Waals surface area contributed by atoms with E-state index in [2.05, 4.69) is 4.98 Å². The van der Waals surface area contributed by atoms with Crippen molar-refractivity contribution in [1.29, 1.82) is 5.26 Å². The number of hydrogen-bond donors (Lipinski definition) is 4. The molecule has 34 heavy (non-hydrogen) atoms. The largest absolute Gasteiger partial charge is 0.387 e. The highest BCUT2D eigenvalue weighted by molar-refractivity contribution is 7.51. The van der Waals surface area contributed by atoms with Gasteiger partial charge in [-0.15, -0.1) is 0 Å². The third-order valence-electron chi connectivity index (χ3n) is 6.02. The van der Waals surface area contributed by atoms with Gasteiger partial charge < -0.3 is 38.9 Å². The molecule has 4 N–H and O–H groups in total. The van der Waals surface area contributed by atoms with E-state index in [1.165, 1.54) is 10.8 Å². The molecule has 1 saturated heterocycles. The van der Waals surface area contributed by atoms with Crippen molar-refractivity contribution in [2.24, 2.45) is 0 Å². The topological polar surface area (TPSA) is 161 Å². The van der Waals surface area contributed by atoms with Crippen LogP contribution >= 0.6 is 19.2 Å². The summed E-state index contributed by atoms with van der Waals surface area (Å²) in [7, 11) is -2.84. The Kier molecular flexibility index (Phi) is 6.65. The average Bonchev–Trinajstić information content (AvgIpc) is 3.25. The van der Waals surface area contributed by atoms with Crippen LogP contribution in [-0.2, 0) is 14.0 Å². The number of aliphatic hydroxyl groups is 2. The molecule has 11 nitrogen and oxygen atoms in total. The zero-order chi connectivity index (χ0) is 25.0. The lowest BCUT2D eigenvalue weighted by Gasteiger charge is -2.42. The third kappa shape index (κ3) is 4.65. The molecule has 1 aliphatic carbocycles. The molecule has 2 aromatic rings. The molecule has 0 unspecified atom stereocenters. The molecule has 2 aliphatic rings. The summed E-state index contributed by atoms with van der Waals surface area (Å²) in [6.07, 6.45) is -5.30. The molecule has 0 radical (unpaired) electrons. The number of alkyl halides is 2. The lowest BCUT2D eigenvalue weighted by molar-refractivity contribution is -0.0848. The van der Waals surface area contributed by atoms with Gasteiger partial charge in [0.1, 0.15) is 41.9 Å². The van der Waals surface area contributed by atoms with Crippen LogP contribution in [0.25, 0.3) is 11.0 Å². The summed E-state index contributed by atoms with van der Waals surface area (Å²) in [5.74, 6) is -2.78. The zero-order valence-electron chi connectivity index (χ0n) is 17.8. The molecule has 186 valence electrons. The van der Waals surface area contributed by atoms with Gasteiger partial charge >= 0.3 is 7.60 Å². The van der Waals surface area contributed by atoms with Crippen molar-refractivity contribution in [1.82, 2.24) is 9.55 Å². The second-order valence-corrected chi connectivity index (χ2v) is 10.4. The molecule has 1 aliphatic heterocycles. The number of fused-ring (bicyclic) bond motifs is 1. The Morgan fingerprint density at radius 2 is 2.09 bits per heavy atom. The van der Waals surface area contributed by atoms with E-state index in [0.717, 1.165) is 0 Å². The van der Waals surface area contributed by atoms with E-state index in [-0.39, 0.29) is 29.2 Å². The van der Waals surface area contributed by atoms with Crippen LogP contribution in [0.15, 0.2) is 12.3 Å². The number of aliphatic hydroxyl groups excluding tert-OH is 2. The predicted molar refractivity (Wildman–Crippen MR) is 115 cm³/mol. The summed E-state index contributed by atoms with van der Waals surface area (Å²) in [4.78, 5) is 23.6. The van der Waals surface area contributed by atoms with Crippen molar-refractivity contribution < 1.29 is 42.8 Å². The summed E-state index contributed by atoms with van der Waals surface area (Å²) in [6.45, 7) is -0.393. The normalized spacial score (nSPS) is 27.0. The van der Waals surface area contributed by atoms with E-state index >= 15 is 0 Å². The van der Waals surface area contributed by atoms with E-state index in [0.29, 0.717) is 11.1 Å². The highest BCUT2D eigenvalue weighted by Gasteiger charge is 2.48. The summed E-state index contributed by atoms with van der Waals surface area (Å²) >= 11 is 6.25. The number of anilines is 1. The third-order valence-corrected chi connectivity index (χ3v) is 6.82. The van der Waals surface area contributed by atoms with Crippen molar-refractivity contribution in [3.63, 3.8) is 0 Å². The van der Waals surface area contributed by atoms with Crippen molar-refractivity contribution in [3.8, 4) is 6.07 Å². The first-order chi connectivity index (χ1) is 15.8. The first-order valence-electron chi connectivity index (χ1n) is 10.2. The molecule has 0 spiro atoms. The molecule has 0 aromatic carbocycles. The fourth-order valence-corrected chi connectivity index (χ4v) is 4.82. The summed E-state index contributed by atoms with van der Waals surface area (Å²) in [5, 5.41) is 30.8. The van der Waals surface area contributed by atoms with Crippen molar-refractivity contribution in [3.05, 3.63) is 23.0 Å². The Balaban J connectivity index is 1.65. The molecular weight excluding hydrogens is 501 g/mol. The Morgan fingerprint density at radius 3 is 2.68 bits per heavy atom. The monoisotopic (exact) mass is 522 g/mol. The van der Waals surface area contributed by atoms with E-state index in [4.69, 9.17) is 30.9 Å². The van der Waals surface area contributed by atoms with Crippen LogP contribution in [0.5, 0.6) is 0 Å². The minimum atomic E-state index is -4.43. The van der Waals surface area contributed by atoms with Gasteiger partial charge in [0, 0.05) is 37.5 Å². The lowest BCUT2D eigenvalue weighted by Crippen LogP contribution is -2.49. The number of aromatic nitrogens is 2. The Bertz CT molecular complexity index is 1180. The van der Waals surface area contributed by atoms with Gasteiger partial charge in [0.05, 0.1) is 12.3 Å². The molecule has 4 atom stereocenters. The summed E-state index contributed by atoms with van der Waals surface area (Å²) in [5.41, 5.74) is 0.512. The second kappa shape index (κ2) is 8.96. The van der Waals surface area contributed by atoms with Crippen LogP contribution in [0, 0.1) is 11.3 Å². The molecule has 2 aromatic heterocycles. The number of hydrogen-bond acceptors (Lipinski definition) is 8. The van der Waals surface area contributed by atoms with Gasteiger partial charge in [0.15, 0.2) is 11.4 Å². The molecule has 3 heterocycles. The van der Waals surface area contributed by atoms with Gasteiger partial charge in [-0.25, -0.2) is 13.8 Å². The SMILES string of the molecule is CN(c1c(C#N)c(Cl)nc2c1ccn2[C@@H]1O[C@H](COCP(=O)(O)O)[C@@H](O)[C@H]1O)C1CC(F)(F)C1. The lowest BCUT2D eigenvalue weighted by atomic mass is 9.86. The van der Waals surface area contributed by atoms with Gasteiger partial charge in [-0.1, -0.05) is 11.6 Å². The van der Waals surface area contributed by atoms with E-state index in [1.807, 2.05) is 6.07 Å². The standard InChI is InChI=1S/C19H22ClF2N4O7P/c1-25(9-4-19(21,22)5-9)13-10-2-3-26(17(10)24-16(20)11(13)6-23)18-15(28)14(27)12(33-18)7-32-8-34(29,30)31/h2-3,9,12,14-15,18,27-28H,4-5,7-8H2,1H3,(H2,29,30,31)/t12-,14-,15-,18-/m1/s1. The molecule has 2 fully saturated rings. The molecule has 0 amide bonds.